The van der Waals surface area contributed by atoms with E-state index in [1.54, 1.807) is 0 Å². The second-order valence-electron chi connectivity index (χ2n) is 3.78. The van der Waals surface area contributed by atoms with E-state index in [2.05, 4.69) is 19.2 Å². The molecule has 0 spiro atoms. The van der Waals surface area contributed by atoms with Gasteiger partial charge >= 0.3 is 0 Å². The first-order chi connectivity index (χ1) is 6.91. The van der Waals surface area contributed by atoms with Crippen LogP contribution in [0, 0.1) is 0 Å². The predicted molar refractivity (Wildman–Crippen MR) is 62.7 cm³/mol. The molecule has 2 nitrogen and oxygen atoms in total. The lowest BCUT2D eigenvalue weighted by Gasteiger charge is -1.99. The lowest BCUT2D eigenvalue weighted by Crippen LogP contribution is -2.15. The van der Waals surface area contributed by atoms with Crippen LogP contribution in [0.3, 0.4) is 0 Å². The Balaban J connectivity index is 0.000000280. The van der Waals surface area contributed by atoms with Crippen molar-refractivity contribution < 1.29 is 4.74 Å². The zero-order chi connectivity index (χ0) is 10.5. The third kappa shape index (κ3) is 11.9. The standard InChI is InChI=1S/C8H19N.C4H8O/c1-3-5-7-9-8-6-4-2;1-2-4-5-3-1/h9H,3-8H2,1-2H3;1-4H2. The molecule has 1 rings (SSSR count). The van der Waals surface area contributed by atoms with Crippen LogP contribution >= 0.6 is 0 Å². The Morgan fingerprint density at radius 3 is 1.71 bits per heavy atom. The highest BCUT2D eigenvalue weighted by Gasteiger charge is 1.94. The summed E-state index contributed by atoms with van der Waals surface area (Å²) in [6.07, 6.45) is 7.81. The van der Waals surface area contributed by atoms with Crippen molar-refractivity contribution in [3.8, 4) is 0 Å². The average Bonchev–Trinajstić information content (AvgIpc) is 2.76. The smallest absolute Gasteiger partial charge is 0.0466 e. The molecule has 86 valence electrons. The molecule has 1 aliphatic rings. The Morgan fingerprint density at radius 2 is 1.43 bits per heavy atom. The number of rotatable bonds is 6. The van der Waals surface area contributed by atoms with Crippen LogP contribution in [0.1, 0.15) is 52.4 Å². The number of nitrogens with one attached hydrogen (secondary N) is 1. The molecule has 1 N–H and O–H groups in total. The lowest BCUT2D eigenvalue weighted by atomic mass is 10.3. The quantitative estimate of drug-likeness (QED) is 0.667. The van der Waals surface area contributed by atoms with E-state index in [0.29, 0.717) is 0 Å². The molecule has 14 heavy (non-hydrogen) atoms. The third-order valence-electron chi connectivity index (χ3n) is 2.24. The third-order valence-corrected chi connectivity index (χ3v) is 2.24. The second kappa shape index (κ2) is 12.9. The van der Waals surface area contributed by atoms with Gasteiger partial charge in [0.05, 0.1) is 0 Å². The van der Waals surface area contributed by atoms with Crippen molar-refractivity contribution in [3.05, 3.63) is 0 Å². The fraction of sp³-hybridized carbons (Fsp3) is 1.00. The van der Waals surface area contributed by atoms with Gasteiger partial charge in [0.15, 0.2) is 0 Å². The molecule has 0 atom stereocenters. The minimum absolute atomic E-state index is 1.00. The molecule has 0 saturated carbocycles. The number of hydrogen-bond acceptors (Lipinski definition) is 2. The summed E-state index contributed by atoms with van der Waals surface area (Å²) in [6, 6.07) is 0. The van der Waals surface area contributed by atoms with E-state index in [-0.39, 0.29) is 0 Å². The summed E-state index contributed by atoms with van der Waals surface area (Å²) < 4.78 is 4.94. The Labute approximate surface area is 89.4 Å². The number of ether oxygens (including phenoxy) is 1. The van der Waals surface area contributed by atoms with E-state index in [1.165, 1.54) is 51.6 Å². The highest BCUT2D eigenvalue weighted by molar-refractivity contribution is 4.45. The topological polar surface area (TPSA) is 21.3 Å². The molecule has 0 bridgehead atoms. The van der Waals surface area contributed by atoms with Crippen LogP contribution in [0.15, 0.2) is 0 Å². The highest BCUT2D eigenvalue weighted by atomic mass is 16.5. The normalized spacial score (nSPS) is 15.0. The summed E-state index contributed by atoms with van der Waals surface area (Å²) in [7, 11) is 0. The summed E-state index contributed by atoms with van der Waals surface area (Å²) in [5, 5.41) is 3.39. The van der Waals surface area contributed by atoms with E-state index in [1.807, 2.05) is 0 Å². The maximum absolute atomic E-state index is 4.94. The van der Waals surface area contributed by atoms with E-state index in [4.69, 9.17) is 4.74 Å². The Morgan fingerprint density at radius 1 is 0.929 bits per heavy atom. The van der Waals surface area contributed by atoms with Gasteiger partial charge in [-0.05, 0) is 38.8 Å². The van der Waals surface area contributed by atoms with Gasteiger partial charge in [0.1, 0.15) is 0 Å². The van der Waals surface area contributed by atoms with Crippen molar-refractivity contribution >= 4 is 0 Å². The molecule has 0 aliphatic carbocycles. The monoisotopic (exact) mass is 201 g/mol. The summed E-state index contributed by atoms with van der Waals surface area (Å²) in [5.74, 6) is 0. The van der Waals surface area contributed by atoms with Gasteiger partial charge in [0.2, 0.25) is 0 Å². The molecule has 1 aliphatic heterocycles. The molecule has 0 radical (unpaired) electrons. The van der Waals surface area contributed by atoms with E-state index < -0.39 is 0 Å². The Bertz CT molecular complexity index is 78.7. The molecule has 1 fully saturated rings. The molecule has 0 aromatic carbocycles. The number of unbranched alkanes of at least 4 members (excludes halogenated alkanes) is 2. The summed E-state index contributed by atoms with van der Waals surface area (Å²) in [5.41, 5.74) is 0. The zero-order valence-electron chi connectivity index (χ0n) is 9.98. The van der Waals surface area contributed by atoms with Crippen LogP contribution in [0.2, 0.25) is 0 Å². The molecule has 1 heterocycles. The van der Waals surface area contributed by atoms with Gasteiger partial charge in [-0.3, -0.25) is 0 Å². The van der Waals surface area contributed by atoms with Crippen LogP contribution in [-0.4, -0.2) is 26.3 Å². The second-order valence-corrected chi connectivity index (χ2v) is 3.78. The summed E-state index contributed by atoms with van der Waals surface area (Å²) in [4.78, 5) is 0. The van der Waals surface area contributed by atoms with Gasteiger partial charge in [-0.2, -0.15) is 0 Å². The first kappa shape index (κ1) is 13.9. The fourth-order valence-electron chi connectivity index (χ4n) is 1.24. The predicted octanol–water partition coefficient (Wildman–Crippen LogP) is 2.97. The Kier molecular flexibility index (Phi) is 12.8. The molecule has 0 amide bonds. The van der Waals surface area contributed by atoms with Gasteiger partial charge < -0.3 is 10.1 Å². The zero-order valence-corrected chi connectivity index (χ0v) is 9.98. The Hall–Kier alpha value is -0.0800. The van der Waals surface area contributed by atoms with Gasteiger partial charge in [0.25, 0.3) is 0 Å². The minimum atomic E-state index is 1.00. The van der Waals surface area contributed by atoms with Crippen molar-refractivity contribution in [2.45, 2.75) is 52.4 Å². The van der Waals surface area contributed by atoms with E-state index in [9.17, 15) is 0 Å². The molecular weight excluding hydrogens is 174 g/mol. The van der Waals surface area contributed by atoms with Gasteiger partial charge in [-0.15, -0.1) is 0 Å². The van der Waals surface area contributed by atoms with Gasteiger partial charge in [-0.1, -0.05) is 26.7 Å². The highest BCUT2D eigenvalue weighted by Crippen LogP contribution is 1.98. The van der Waals surface area contributed by atoms with Crippen LogP contribution < -0.4 is 5.32 Å². The largest absolute Gasteiger partial charge is 0.381 e. The molecule has 0 unspecified atom stereocenters. The first-order valence-corrected chi connectivity index (χ1v) is 6.20. The summed E-state index contributed by atoms with van der Waals surface area (Å²) in [6.45, 7) is 8.86. The minimum Gasteiger partial charge on any atom is -0.381 e. The van der Waals surface area contributed by atoms with Crippen LogP contribution in [-0.2, 0) is 4.74 Å². The fourth-order valence-corrected chi connectivity index (χ4v) is 1.24. The number of hydrogen-bond donors (Lipinski definition) is 1. The maximum Gasteiger partial charge on any atom is 0.0466 e. The van der Waals surface area contributed by atoms with Crippen molar-refractivity contribution in [2.24, 2.45) is 0 Å². The van der Waals surface area contributed by atoms with Crippen molar-refractivity contribution in [3.63, 3.8) is 0 Å². The average molecular weight is 201 g/mol. The SMILES string of the molecule is C1CCOC1.CCCCNCCCC. The molecule has 0 aromatic rings. The van der Waals surface area contributed by atoms with Crippen LogP contribution in [0.25, 0.3) is 0 Å². The maximum atomic E-state index is 4.94. The molecule has 2 heteroatoms. The summed E-state index contributed by atoms with van der Waals surface area (Å²) >= 11 is 0. The molecular formula is C12H27NO. The van der Waals surface area contributed by atoms with E-state index >= 15 is 0 Å². The van der Waals surface area contributed by atoms with Crippen LogP contribution in [0.4, 0.5) is 0 Å². The first-order valence-electron chi connectivity index (χ1n) is 6.20. The van der Waals surface area contributed by atoms with Crippen molar-refractivity contribution in [1.82, 2.24) is 5.32 Å². The molecule has 0 aromatic heterocycles. The van der Waals surface area contributed by atoms with Crippen molar-refractivity contribution in [2.75, 3.05) is 26.3 Å². The van der Waals surface area contributed by atoms with Crippen LogP contribution in [0.5, 0.6) is 0 Å². The van der Waals surface area contributed by atoms with Gasteiger partial charge in [0, 0.05) is 13.2 Å². The molecule has 1 saturated heterocycles. The van der Waals surface area contributed by atoms with Crippen molar-refractivity contribution in [1.29, 1.82) is 0 Å². The van der Waals surface area contributed by atoms with E-state index in [0.717, 1.165) is 13.2 Å². The van der Waals surface area contributed by atoms with Gasteiger partial charge in [-0.25, -0.2) is 0 Å². The lowest BCUT2D eigenvalue weighted by molar-refractivity contribution is 0.198.